The lowest BCUT2D eigenvalue weighted by molar-refractivity contribution is -0.146. The molecule has 4 heteroatoms. The Bertz CT molecular complexity index is 397. The van der Waals surface area contributed by atoms with Crippen molar-refractivity contribution >= 4 is 5.97 Å². The summed E-state index contributed by atoms with van der Waals surface area (Å²) in [7, 11) is 0. The Hall–Kier alpha value is -1.45. The first-order chi connectivity index (χ1) is 8.31. The van der Waals surface area contributed by atoms with E-state index in [9.17, 15) is 13.6 Å². The van der Waals surface area contributed by atoms with Gasteiger partial charge in [0.25, 0.3) is 0 Å². The van der Waals surface area contributed by atoms with Gasteiger partial charge in [0, 0.05) is 6.42 Å². The molecule has 18 heavy (non-hydrogen) atoms. The predicted octanol–water partition coefficient (Wildman–Crippen LogP) is 3.54. The maximum absolute atomic E-state index is 12.0. The highest BCUT2D eigenvalue weighted by molar-refractivity contribution is 5.74. The van der Waals surface area contributed by atoms with Crippen molar-refractivity contribution in [3.8, 4) is 0 Å². The molecule has 0 radical (unpaired) electrons. The molecule has 0 amide bonds. The molecule has 0 aliphatic heterocycles. The van der Waals surface area contributed by atoms with E-state index in [0.29, 0.717) is 12.8 Å². The summed E-state index contributed by atoms with van der Waals surface area (Å²) in [4.78, 5) is 11.0. The lowest BCUT2D eigenvalue weighted by Crippen LogP contribution is -2.26. The first kappa shape index (κ1) is 14.6. The zero-order chi connectivity index (χ0) is 13.8. The monoisotopic (exact) mass is 256 g/mol. The number of carbonyl (C=O) groups is 1. The zero-order valence-electron chi connectivity index (χ0n) is 10.6. The highest BCUT2D eigenvalue weighted by Gasteiger charge is 2.27. The van der Waals surface area contributed by atoms with Gasteiger partial charge in [-0.1, -0.05) is 24.3 Å². The fraction of sp³-hybridized carbons (Fsp3) is 0.500. The Morgan fingerprint density at radius 1 is 1.22 bits per heavy atom. The molecule has 0 aromatic heterocycles. The molecule has 0 heterocycles. The second-order valence-corrected chi connectivity index (χ2v) is 5.11. The molecule has 1 aromatic carbocycles. The van der Waals surface area contributed by atoms with Crippen LogP contribution < -0.4 is 0 Å². The van der Waals surface area contributed by atoms with Gasteiger partial charge in [-0.05, 0) is 37.8 Å². The second kappa shape index (κ2) is 5.94. The number of carboxylic acid groups (broad SMARTS) is 1. The number of alkyl halides is 2. The zero-order valence-corrected chi connectivity index (χ0v) is 10.6. The van der Waals surface area contributed by atoms with Gasteiger partial charge in [0.05, 0.1) is 5.41 Å². The standard InChI is InChI=1S/C14H18F2O2/c1-14(2,13(17)18)9-11-5-3-10(4-6-11)7-8-12(15)16/h3-6,12H,7-9H2,1-2H3,(H,17,18). The fourth-order valence-electron chi connectivity index (χ4n) is 1.69. The molecule has 2 nitrogen and oxygen atoms in total. The Morgan fingerprint density at radius 3 is 2.17 bits per heavy atom. The van der Waals surface area contributed by atoms with Crippen LogP contribution in [0, 0.1) is 5.41 Å². The molecule has 0 saturated carbocycles. The van der Waals surface area contributed by atoms with Gasteiger partial charge in [-0.15, -0.1) is 0 Å². The molecule has 0 unspecified atom stereocenters. The molecule has 0 atom stereocenters. The Balaban J connectivity index is 2.63. The highest BCUT2D eigenvalue weighted by atomic mass is 19.3. The van der Waals surface area contributed by atoms with E-state index in [-0.39, 0.29) is 6.42 Å². The Kier molecular flexibility index (Phi) is 4.82. The smallest absolute Gasteiger partial charge is 0.309 e. The number of hydrogen-bond acceptors (Lipinski definition) is 1. The summed E-state index contributed by atoms with van der Waals surface area (Å²) in [5.41, 5.74) is 0.945. The minimum atomic E-state index is -2.28. The molecule has 1 aromatic rings. The predicted molar refractivity (Wildman–Crippen MR) is 65.9 cm³/mol. The van der Waals surface area contributed by atoms with Crippen molar-refractivity contribution in [3.05, 3.63) is 35.4 Å². The Morgan fingerprint density at radius 2 is 1.72 bits per heavy atom. The molecule has 1 N–H and O–H groups in total. The topological polar surface area (TPSA) is 37.3 Å². The van der Waals surface area contributed by atoms with Gasteiger partial charge >= 0.3 is 5.97 Å². The molecule has 0 aliphatic carbocycles. The summed E-state index contributed by atoms with van der Waals surface area (Å²) in [6.45, 7) is 3.33. The third-order valence-electron chi connectivity index (χ3n) is 2.90. The third kappa shape index (κ3) is 4.43. The molecular formula is C14H18F2O2. The highest BCUT2D eigenvalue weighted by Crippen LogP contribution is 2.22. The van der Waals surface area contributed by atoms with Crippen molar-refractivity contribution < 1.29 is 18.7 Å². The van der Waals surface area contributed by atoms with E-state index in [0.717, 1.165) is 11.1 Å². The molecule has 0 aliphatic rings. The van der Waals surface area contributed by atoms with E-state index in [2.05, 4.69) is 0 Å². The minimum Gasteiger partial charge on any atom is -0.481 e. The van der Waals surface area contributed by atoms with Crippen LogP contribution in [0.15, 0.2) is 24.3 Å². The van der Waals surface area contributed by atoms with Crippen LogP contribution in [0.4, 0.5) is 8.78 Å². The molecule has 1 rings (SSSR count). The Labute approximate surface area is 106 Å². The third-order valence-corrected chi connectivity index (χ3v) is 2.90. The van der Waals surface area contributed by atoms with Crippen LogP contribution in [-0.4, -0.2) is 17.5 Å². The fourth-order valence-corrected chi connectivity index (χ4v) is 1.69. The molecule has 0 saturated heterocycles. The normalized spacial score (nSPS) is 11.8. The van der Waals surface area contributed by atoms with E-state index in [1.54, 1.807) is 26.0 Å². The summed E-state index contributed by atoms with van der Waals surface area (Å²) in [6.07, 6.45) is -1.65. The van der Waals surface area contributed by atoms with Crippen molar-refractivity contribution in [1.82, 2.24) is 0 Å². The van der Waals surface area contributed by atoms with Crippen LogP contribution in [-0.2, 0) is 17.6 Å². The maximum Gasteiger partial charge on any atom is 0.309 e. The molecule has 0 spiro atoms. The van der Waals surface area contributed by atoms with E-state index in [4.69, 9.17) is 5.11 Å². The average Bonchev–Trinajstić information content (AvgIpc) is 2.27. The van der Waals surface area contributed by atoms with Gasteiger partial charge in [-0.25, -0.2) is 8.78 Å². The summed E-state index contributed by atoms with van der Waals surface area (Å²) < 4.78 is 24.1. The maximum atomic E-state index is 12.0. The minimum absolute atomic E-state index is 0.139. The summed E-state index contributed by atoms with van der Waals surface area (Å²) in [5.74, 6) is -0.843. The van der Waals surface area contributed by atoms with Crippen LogP contribution in [0.1, 0.15) is 31.4 Å². The lowest BCUT2D eigenvalue weighted by Gasteiger charge is -2.19. The molecule has 0 bridgehead atoms. The number of aryl methyl sites for hydroxylation is 1. The van der Waals surface area contributed by atoms with Crippen LogP contribution >= 0.6 is 0 Å². The van der Waals surface area contributed by atoms with Crippen molar-refractivity contribution in [3.63, 3.8) is 0 Å². The lowest BCUT2D eigenvalue weighted by atomic mass is 9.85. The van der Waals surface area contributed by atoms with E-state index in [1.165, 1.54) is 0 Å². The number of hydrogen-bond donors (Lipinski definition) is 1. The SMILES string of the molecule is CC(C)(Cc1ccc(CCC(F)F)cc1)C(=O)O. The molecular weight excluding hydrogens is 238 g/mol. The second-order valence-electron chi connectivity index (χ2n) is 5.11. The first-order valence-corrected chi connectivity index (χ1v) is 5.90. The quantitative estimate of drug-likeness (QED) is 0.845. The number of rotatable bonds is 6. The van der Waals surface area contributed by atoms with Gasteiger partial charge in [0.15, 0.2) is 0 Å². The molecule has 100 valence electrons. The summed E-state index contributed by atoms with van der Waals surface area (Å²) in [6, 6.07) is 7.20. The summed E-state index contributed by atoms with van der Waals surface area (Å²) in [5, 5.41) is 9.02. The van der Waals surface area contributed by atoms with Crippen LogP contribution in [0.5, 0.6) is 0 Å². The largest absolute Gasteiger partial charge is 0.481 e. The van der Waals surface area contributed by atoms with Gasteiger partial charge in [-0.2, -0.15) is 0 Å². The van der Waals surface area contributed by atoms with Crippen LogP contribution in [0.25, 0.3) is 0 Å². The average molecular weight is 256 g/mol. The van der Waals surface area contributed by atoms with Crippen molar-refractivity contribution in [2.45, 2.75) is 39.5 Å². The number of carboxylic acids is 1. The van der Waals surface area contributed by atoms with Gasteiger partial charge in [-0.3, -0.25) is 4.79 Å². The number of aliphatic carboxylic acids is 1. The number of benzene rings is 1. The van der Waals surface area contributed by atoms with Crippen molar-refractivity contribution in [1.29, 1.82) is 0 Å². The van der Waals surface area contributed by atoms with E-state index >= 15 is 0 Å². The van der Waals surface area contributed by atoms with E-state index in [1.807, 2.05) is 12.1 Å². The number of halogens is 2. The van der Waals surface area contributed by atoms with Crippen LogP contribution in [0.2, 0.25) is 0 Å². The van der Waals surface area contributed by atoms with Crippen LogP contribution in [0.3, 0.4) is 0 Å². The molecule has 0 fully saturated rings. The first-order valence-electron chi connectivity index (χ1n) is 5.90. The van der Waals surface area contributed by atoms with E-state index < -0.39 is 17.8 Å². The van der Waals surface area contributed by atoms with Crippen molar-refractivity contribution in [2.24, 2.45) is 5.41 Å². The van der Waals surface area contributed by atoms with Gasteiger partial charge in [0.2, 0.25) is 6.43 Å². The van der Waals surface area contributed by atoms with Gasteiger partial charge in [0.1, 0.15) is 0 Å². The van der Waals surface area contributed by atoms with Crippen molar-refractivity contribution in [2.75, 3.05) is 0 Å². The van der Waals surface area contributed by atoms with Gasteiger partial charge < -0.3 is 5.11 Å². The summed E-state index contributed by atoms with van der Waals surface area (Å²) >= 11 is 0.